The Bertz CT molecular complexity index is 910. The zero-order valence-corrected chi connectivity index (χ0v) is 15.2. The van der Waals surface area contributed by atoms with Crippen LogP contribution in [0.1, 0.15) is 15.9 Å². The van der Waals surface area contributed by atoms with Gasteiger partial charge in [-0.2, -0.15) is 5.10 Å². The van der Waals surface area contributed by atoms with Crippen molar-refractivity contribution >= 4 is 6.29 Å². The van der Waals surface area contributed by atoms with Crippen molar-refractivity contribution in [2.24, 2.45) is 7.05 Å². The monoisotopic (exact) mass is 368 g/mol. The molecule has 0 bridgehead atoms. The van der Waals surface area contributed by atoms with Crippen LogP contribution in [-0.4, -0.2) is 46.4 Å². The van der Waals surface area contributed by atoms with Crippen LogP contribution in [0.4, 0.5) is 0 Å². The molecule has 0 aliphatic rings. The van der Waals surface area contributed by atoms with Crippen LogP contribution in [0.5, 0.6) is 11.6 Å². The van der Waals surface area contributed by atoms with Crippen molar-refractivity contribution in [1.82, 2.24) is 19.7 Å². The molecule has 27 heavy (non-hydrogen) atoms. The Hall–Kier alpha value is -3.26. The van der Waals surface area contributed by atoms with E-state index in [4.69, 9.17) is 14.2 Å². The maximum atomic E-state index is 11.3. The fourth-order valence-electron chi connectivity index (χ4n) is 2.51. The quantitative estimate of drug-likeness (QED) is 0.423. The molecule has 0 unspecified atom stereocenters. The van der Waals surface area contributed by atoms with Crippen LogP contribution in [0.3, 0.4) is 0 Å². The molecule has 0 spiro atoms. The highest BCUT2D eigenvalue weighted by Crippen LogP contribution is 2.24. The van der Waals surface area contributed by atoms with Crippen LogP contribution in [0.25, 0.3) is 11.4 Å². The third-order valence-electron chi connectivity index (χ3n) is 3.86. The van der Waals surface area contributed by atoms with Crippen LogP contribution < -0.4 is 9.47 Å². The van der Waals surface area contributed by atoms with Crippen molar-refractivity contribution in [3.63, 3.8) is 0 Å². The fraction of sp³-hybridized carbons (Fsp3) is 0.263. The van der Waals surface area contributed by atoms with Gasteiger partial charge in [0.25, 0.3) is 0 Å². The van der Waals surface area contributed by atoms with Gasteiger partial charge in [0.1, 0.15) is 19.0 Å². The van der Waals surface area contributed by atoms with Gasteiger partial charge < -0.3 is 14.2 Å². The zero-order valence-electron chi connectivity index (χ0n) is 15.2. The van der Waals surface area contributed by atoms with E-state index in [9.17, 15) is 4.79 Å². The number of carbonyl (C=O) groups excluding carboxylic acids is 1. The van der Waals surface area contributed by atoms with Crippen LogP contribution in [0.15, 0.2) is 42.9 Å². The molecular formula is C19H20N4O4. The summed E-state index contributed by atoms with van der Waals surface area (Å²) in [5.74, 6) is 0.724. The van der Waals surface area contributed by atoms with Crippen molar-refractivity contribution in [1.29, 1.82) is 0 Å². The van der Waals surface area contributed by atoms with E-state index in [1.807, 2.05) is 25.2 Å². The highest BCUT2D eigenvalue weighted by atomic mass is 16.5. The van der Waals surface area contributed by atoms with Crippen LogP contribution in [0.2, 0.25) is 0 Å². The lowest BCUT2D eigenvalue weighted by Crippen LogP contribution is -2.08. The SMILES string of the molecule is COCCOc1ncc(OCc2cccnc2-c2ccnn2C)cc1C=O. The molecule has 3 rings (SSSR count). The van der Waals surface area contributed by atoms with E-state index in [0.29, 0.717) is 30.8 Å². The van der Waals surface area contributed by atoms with Crippen molar-refractivity contribution in [2.75, 3.05) is 20.3 Å². The van der Waals surface area contributed by atoms with Gasteiger partial charge in [-0.25, -0.2) is 4.98 Å². The summed E-state index contributed by atoms with van der Waals surface area (Å²) in [4.78, 5) is 19.9. The Morgan fingerprint density at radius 2 is 2.04 bits per heavy atom. The third-order valence-corrected chi connectivity index (χ3v) is 3.86. The number of carbonyl (C=O) groups is 1. The van der Waals surface area contributed by atoms with E-state index in [0.717, 1.165) is 17.0 Å². The third kappa shape index (κ3) is 4.48. The van der Waals surface area contributed by atoms with Gasteiger partial charge >= 0.3 is 0 Å². The van der Waals surface area contributed by atoms with Gasteiger partial charge in [0.15, 0.2) is 6.29 Å². The molecule has 0 atom stereocenters. The summed E-state index contributed by atoms with van der Waals surface area (Å²) in [5, 5.41) is 4.18. The lowest BCUT2D eigenvalue weighted by Gasteiger charge is -2.12. The topological polar surface area (TPSA) is 88.4 Å². The van der Waals surface area contributed by atoms with E-state index in [1.54, 1.807) is 30.3 Å². The standard InChI is InChI=1S/C19H20N4O4/c1-23-17(5-7-22-23)18-14(4-3-6-20-18)13-27-16-10-15(12-24)19(21-11-16)26-9-8-25-2/h3-7,10-12H,8-9,13H2,1-2H3. The first-order chi connectivity index (χ1) is 13.2. The number of ether oxygens (including phenoxy) is 3. The molecular weight excluding hydrogens is 348 g/mol. The second-order valence-corrected chi connectivity index (χ2v) is 5.66. The van der Waals surface area contributed by atoms with Crippen molar-refractivity contribution in [3.8, 4) is 23.0 Å². The maximum absolute atomic E-state index is 11.3. The van der Waals surface area contributed by atoms with Gasteiger partial charge in [-0.3, -0.25) is 14.5 Å². The smallest absolute Gasteiger partial charge is 0.224 e. The van der Waals surface area contributed by atoms with Crippen LogP contribution >= 0.6 is 0 Å². The number of hydrogen-bond donors (Lipinski definition) is 0. The highest BCUT2D eigenvalue weighted by molar-refractivity contribution is 5.78. The number of hydrogen-bond acceptors (Lipinski definition) is 7. The van der Waals surface area contributed by atoms with Gasteiger partial charge in [0, 0.05) is 32.1 Å². The van der Waals surface area contributed by atoms with Gasteiger partial charge in [-0.15, -0.1) is 0 Å². The van der Waals surface area contributed by atoms with Crippen LogP contribution in [0, 0.1) is 0 Å². The number of aldehydes is 1. The summed E-state index contributed by atoms with van der Waals surface area (Å²) in [6.45, 7) is 1.00. The van der Waals surface area contributed by atoms with Gasteiger partial charge in [-0.1, -0.05) is 6.07 Å². The number of rotatable bonds is 9. The average Bonchev–Trinajstić information content (AvgIpc) is 3.13. The Labute approximate surface area is 156 Å². The van der Waals surface area contributed by atoms with E-state index in [-0.39, 0.29) is 12.5 Å². The van der Waals surface area contributed by atoms with Crippen LogP contribution in [-0.2, 0) is 18.4 Å². The average molecular weight is 368 g/mol. The van der Waals surface area contributed by atoms with Gasteiger partial charge in [0.2, 0.25) is 5.88 Å². The summed E-state index contributed by atoms with van der Waals surface area (Å²) in [6.07, 6.45) is 5.66. The molecule has 8 nitrogen and oxygen atoms in total. The molecule has 0 aliphatic carbocycles. The molecule has 0 radical (unpaired) electrons. The molecule has 3 aromatic rings. The Morgan fingerprint density at radius 3 is 2.78 bits per heavy atom. The fourth-order valence-corrected chi connectivity index (χ4v) is 2.51. The van der Waals surface area contributed by atoms with Crippen molar-refractivity contribution in [3.05, 3.63) is 54.0 Å². The van der Waals surface area contributed by atoms with E-state index >= 15 is 0 Å². The number of methoxy groups -OCH3 is 1. The molecule has 0 amide bonds. The molecule has 0 saturated carbocycles. The van der Waals surface area contributed by atoms with E-state index in [1.165, 1.54) is 6.20 Å². The highest BCUT2D eigenvalue weighted by Gasteiger charge is 2.12. The van der Waals surface area contributed by atoms with Crippen molar-refractivity contribution in [2.45, 2.75) is 6.61 Å². The maximum Gasteiger partial charge on any atom is 0.224 e. The number of pyridine rings is 2. The molecule has 0 saturated heterocycles. The van der Waals surface area contributed by atoms with E-state index in [2.05, 4.69) is 15.1 Å². The molecule has 0 aliphatic heterocycles. The second kappa shape index (κ2) is 8.91. The summed E-state index contributed by atoms with van der Waals surface area (Å²) < 4.78 is 17.9. The molecule has 0 aromatic carbocycles. The minimum absolute atomic E-state index is 0.256. The summed E-state index contributed by atoms with van der Waals surface area (Å²) >= 11 is 0. The minimum atomic E-state index is 0.256. The molecule has 0 N–H and O–H groups in total. The van der Waals surface area contributed by atoms with Gasteiger partial charge in [-0.05, 0) is 18.2 Å². The summed E-state index contributed by atoms with van der Waals surface area (Å²) in [6, 6.07) is 7.28. The Kier molecular flexibility index (Phi) is 6.11. The first-order valence-corrected chi connectivity index (χ1v) is 8.35. The largest absolute Gasteiger partial charge is 0.487 e. The first kappa shape index (κ1) is 18.5. The molecule has 8 heteroatoms. The summed E-state index contributed by atoms with van der Waals surface area (Å²) in [5.41, 5.74) is 2.90. The Morgan fingerprint density at radius 1 is 1.15 bits per heavy atom. The predicted octanol–water partition coefficient (Wildman–Crippen LogP) is 2.29. The minimum Gasteiger partial charge on any atom is -0.487 e. The lowest BCUT2D eigenvalue weighted by atomic mass is 10.1. The number of nitrogens with zero attached hydrogens (tertiary/aromatic N) is 4. The second-order valence-electron chi connectivity index (χ2n) is 5.66. The van der Waals surface area contributed by atoms with E-state index < -0.39 is 0 Å². The first-order valence-electron chi connectivity index (χ1n) is 8.35. The predicted molar refractivity (Wildman–Crippen MR) is 97.8 cm³/mol. The molecule has 0 fully saturated rings. The molecule has 3 aromatic heterocycles. The lowest BCUT2D eigenvalue weighted by molar-refractivity contribution is 0.111. The zero-order chi connectivity index (χ0) is 19.1. The Balaban J connectivity index is 1.74. The van der Waals surface area contributed by atoms with Crippen molar-refractivity contribution < 1.29 is 19.0 Å². The normalized spacial score (nSPS) is 10.6. The molecule has 3 heterocycles. The van der Waals surface area contributed by atoms with Gasteiger partial charge in [0.05, 0.1) is 29.8 Å². The molecule has 140 valence electrons. The summed E-state index contributed by atoms with van der Waals surface area (Å²) in [7, 11) is 3.43. The number of aromatic nitrogens is 4. The number of aryl methyl sites for hydroxylation is 1.